The van der Waals surface area contributed by atoms with Gasteiger partial charge in [0.1, 0.15) is 11.2 Å². The fourth-order valence-electron chi connectivity index (χ4n) is 3.00. The number of rotatable bonds is 3. The fraction of sp³-hybridized carbons (Fsp3) is 0.100. The Labute approximate surface area is 129 Å². The molecular weight excluding hydrogens is 270 g/mol. The van der Waals surface area contributed by atoms with Gasteiger partial charge in [-0.15, -0.1) is 0 Å². The van der Waals surface area contributed by atoms with Crippen LogP contribution >= 0.6 is 0 Å². The molecule has 0 unspecified atom stereocenters. The predicted octanol–water partition coefficient (Wildman–Crippen LogP) is 5.74. The molecule has 0 amide bonds. The van der Waals surface area contributed by atoms with E-state index < -0.39 is 0 Å². The molecular formula is C20H17NO. The first kappa shape index (κ1) is 13.0. The van der Waals surface area contributed by atoms with Crippen molar-refractivity contribution >= 4 is 33.3 Å². The Morgan fingerprint density at radius 3 is 2.27 bits per heavy atom. The van der Waals surface area contributed by atoms with E-state index in [1.165, 1.54) is 16.5 Å². The number of fused-ring (bicyclic) bond motifs is 3. The van der Waals surface area contributed by atoms with Crippen LogP contribution < -0.4 is 4.90 Å². The van der Waals surface area contributed by atoms with Gasteiger partial charge < -0.3 is 9.32 Å². The summed E-state index contributed by atoms with van der Waals surface area (Å²) in [6.45, 7) is 3.07. The Bertz CT molecular complexity index is 924. The SMILES string of the molecule is CCN(c1ccccc1)c1ccc2c(c1)oc1ccccc12. The molecule has 4 aromatic rings. The molecule has 22 heavy (non-hydrogen) atoms. The van der Waals surface area contributed by atoms with Crippen molar-refractivity contribution in [3.8, 4) is 0 Å². The topological polar surface area (TPSA) is 16.4 Å². The molecule has 1 heterocycles. The van der Waals surface area contributed by atoms with Gasteiger partial charge in [0.05, 0.1) is 0 Å². The van der Waals surface area contributed by atoms with Crippen LogP contribution in [-0.4, -0.2) is 6.54 Å². The first-order chi connectivity index (χ1) is 10.9. The summed E-state index contributed by atoms with van der Waals surface area (Å²) in [4.78, 5) is 2.28. The zero-order chi connectivity index (χ0) is 14.9. The van der Waals surface area contributed by atoms with Crippen molar-refractivity contribution in [2.45, 2.75) is 6.92 Å². The molecule has 0 aliphatic carbocycles. The molecule has 0 saturated carbocycles. The van der Waals surface area contributed by atoms with Crippen LogP contribution in [0.15, 0.2) is 77.2 Å². The summed E-state index contributed by atoms with van der Waals surface area (Å²) < 4.78 is 6.00. The summed E-state index contributed by atoms with van der Waals surface area (Å²) in [5.41, 5.74) is 4.23. The standard InChI is InChI=1S/C20H17NO/c1-2-21(15-8-4-3-5-9-15)16-12-13-18-17-10-6-7-11-19(17)22-20(18)14-16/h3-14H,2H2,1H3. The van der Waals surface area contributed by atoms with Crippen LogP contribution in [0.1, 0.15) is 6.92 Å². The number of hydrogen-bond donors (Lipinski definition) is 0. The Balaban J connectivity index is 1.86. The van der Waals surface area contributed by atoms with E-state index in [1.807, 2.05) is 24.3 Å². The molecule has 4 rings (SSSR count). The van der Waals surface area contributed by atoms with Crippen molar-refractivity contribution in [3.63, 3.8) is 0 Å². The third kappa shape index (κ3) is 2.04. The van der Waals surface area contributed by atoms with Crippen molar-refractivity contribution in [1.29, 1.82) is 0 Å². The Morgan fingerprint density at radius 2 is 1.45 bits per heavy atom. The smallest absolute Gasteiger partial charge is 0.137 e. The lowest BCUT2D eigenvalue weighted by Crippen LogP contribution is -2.15. The van der Waals surface area contributed by atoms with Gasteiger partial charge in [0.25, 0.3) is 0 Å². The van der Waals surface area contributed by atoms with E-state index in [2.05, 4.69) is 60.4 Å². The van der Waals surface area contributed by atoms with Gasteiger partial charge in [-0.1, -0.05) is 36.4 Å². The van der Waals surface area contributed by atoms with Gasteiger partial charge in [-0.3, -0.25) is 0 Å². The molecule has 2 heteroatoms. The van der Waals surface area contributed by atoms with E-state index >= 15 is 0 Å². The minimum atomic E-state index is 0.912. The fourth-order valence-corrected chi connectivity index (χ4v) is 3.00. The quantitative estimate of drug-likeness (QED) is 0.477. The molecule has 0 aliphatic rings. The van der Waals surface area contributed by atoms with E-state index in [4.69, 9.17) is 4.42 Å². The number of anilines is 2. The molecule has 0 aliphatic heterocycles. The minimum Gasteiger partial charge on any atom is -0.456 e. The highest BCUT2D eigenvalue weighted by Crippen LogP contribution is 2.33. The summed E-state index contributed by atoms with van der Waals surface area (Å²) in [7, 11) is 0. The maximum atomic E-state index is 6.00. The third-order valence-corrected chi connectivity index (χ3v) is 4.06. The molecule has 2 nitrogen and oxygen atoms in total. The van der Waals surface area contributed by atoms with Crippen LogP contribution in [0.4, 0.5) is 11.4 Å². The van der Waals surface area contributed by atoms with Gasteiger partial charge >= 0.3 is 0 Å². The molecule has 0 bridgehead atoms. The average molecular weight is 287 g/mol. The number of hydrogen-bond acceptors (Lipinski definition) is 2. The molecule has 3 aromatic carbocycles. The van der Waals surface area contributed by atoms with Gasteiger partial charge in [0.15, 0.2) is 0 Å². The second-order valence-corrected chi connectivity index (χ2v) is 5.36. The van der Waals surface area contributed by atoms with Crippen LogP contribution in [-0.2, 0) is 0 Å². The molecule has 0 atom stereocenters. The van der Waals surface area contributed by atoms with Gasteiger partial charge in [0.2, 0.25) is 0 Å². The van der Waals surface area contributed by atoms with E-state index in [9.17, 15) is 0 Å². The van der Waals surface area contributed by atoms with Gasteiger partial charge in [-0.25, -0.2) is 0 Å². The molecule has 0 fully saturated rings. The highest BCUT2D eigenvalue weighted by atomic mass is 16.3. The van der Waals surface area contributed by atoms with E-state index in [0.29, 0.717) is 0 Å². The monoisotopic (exact) mass is 287 g/mol. The third-order valence-electron chi connectivity index (χ3n) is 4.06. The lowest BCUT2D eigenvalue weighted by molar-refractivity contribution is 0.669. The lowest BCUT2D eigenvalue weighted by atomic mass is 10.1. The minimum absolute atomic E-state index is 0.912. The van der Waals surface area contributed by atoms with Gasteiger partial charge in [-0.05, 0) is 37.3 Å². The molecule has 0 N–H and O–H groups in total. The first-order valence-corrected chi connectivity index (χ1v) is 7.60. The summed E-state index contributed by atoms with van der Waals surface area (Å²) in [6.07, 6.45) is 0. The zero-order valence-electron chi connectivity index (χ0n) is 12.5. The number of nitrogens with zero attached hydrogens (tertiary/aromatic N) is 1. The van der Waals surface area contributed by atoms with Crippen LogP contribution in [0, 0.1) is 0 Å². The molecule has 1 aromatic heterocycles. The molecule has 0 radical (unpaired) electrons. The zero-order valence-corrected chi connectivity index (χ0v) is 12.5. The first-order valence-electron chi connectivity index (χ1n) is 7.60. The van der Waals surface area contributed by atoms with Crippen LogP contribution in [0.5, 0.6) is 0 Å². The number of benzene rings is 3. The highest BCUT2D eigenvalue weighted by Gasteiger charge is 2.11. The molecule has 0 saturated heterocycles. The van der Waals surface area contributed by atoms with Crippen LogP contribution in [0.3, 0.4) is 0 Å². The van der Waals surface area contributed by atoms with Crippen molar-refractivity contribution in [3.05, 3.63) is 72.8 Å². The summed E-state index contributed by atoms with van der Waals surface area (Å²) in [5, 5.41) is 2.34. The van der Waals surface area contributed by atoms with Gasteiger partial charge in [-0.2, -0.15) is 0 Å². The second kappa shape index (κ2) is 5.23. The maximum Gasteiger partial charge on any atom is 0.137 e. The van der Waals surface area contributed by atoms with Crippen molar-refractivity contribution in [2.24, 2.45) is 0 Å². The van der Waals surface area contributed by atoms with E-state index in [-0.39, 0.29) is 0 Å². The van der Waals surface area contributed by atoms with Crippen LogP contribution in [0.2, 0.25) is 0 Å². The Hall–Kier alpha value is -2.74. The molecule has 0 spiro atoms. The summed E-state index contributed by atoms with van der Waals surface area (Å²) in [5.74, 6) is 0. The normalized spacial score (nSPS) is 11.1. The largest absolute Gasteiger partial charge is 0.456 e. The molecule has 108 valence electrons. The second-order valence-electron chi connectivity index (χ2n) is 5.36. The lowest BCUT2D eigenvalue weighted by Gasteiger charge is -2.23. The van der Waals surface area contributed by atoms with E-state index in [0.717, 1.165) is 23.4 Å². The van der Waals surface area contributed by atoms with Crippen LogP contribution in [0.25, 0.3) is 21.9 Å². The number of furan rings is 1. The average Bonchev–Trinajstić information content (AvgIpc) is 2.94. The van der Waals surface area contributed by atoms with E-state index in [1.54, 1.807) is 0 Å². The summed E-state index contributed by atoms with van der Waals surface area (Å²) in [6, 6.07) is 25.1. The maximum absolute atomic E-state index is 6.00. The van der Waals surface area contributed by atoms with Crippen molar-refractivity contribution in [1.82, 2.24) is 0 Å². The summed E-state index contributed by atoms with van der Waals surface area (Å²) >= 11 is 0. The van der Waals surface area contributed by atoms with Crippen molar-refractivity contribution < 1.29 is 4.42 Å². The highest BCUT2D eigenvalue weighted by molar-refractivity contribution is 6.05. The van der Waals surface area contributed by atoms with Gasteiger partial charge in [0, 0.05) is 34.8 Å². The van der Waals surface area contributed by atoms with Crippen molar-refractivity contribution in [2.75, 3.05) is 11.4 Å². The number of para-hydroxylation sites is 2. The Morgan fingerprint density at radius 1 is 0.727 bits per heavy atom. The Kier molecular flexibility index (Phi) is 3.08. The predicted molar refractivity (Wildman–Crippen MR) is 92.8 cm³/mol.